The Labute approximate surface area is 209 Å². The first-order valence-corrected chi connectivity index (χ1v) is 15.4. The lowest BCUT2D eigenvalue weighted by Gasteiger charge is -2.15. The summed E-state index contributed by atoms with van der Waals surface area (Å²) >= 11 is 0. The van der Waals surface area contributed by atoms with Gasteiger partial charge in [0.15, 0.2) is 0 Å². The first-order valence-electron chi connectivity index (χ1n) is 14.0. The molecule has 3 nitrogen and oxygen atoms in total. The summed E-state index contributed by atoms with van der Waals surface area (Å²) in [6, 6.07) is 9.95. The Morgan fingerprint density at radius 1 is 0.588 bits per heavy atom. The zero-order valence-corrected chi connectivity index (χ0v) is 22.6. The number of hydrogen-bond acceptors (Lipinski definition) is 2. The Kier molecular flexibility index (Phi) is 13.8. The van der Waals surface area contributed by atoms with Gasteiger partial charge in [-0.3, -0.25) is 4.55 Å². The van der Waals surface area contributed by atoms with Crippen LogP contribution < -0.4 is 0 Å². The predicted molar refractivity (Wildman–Crippen MR) is 146 cm³/mol. The van der Waals surface area contributed by atoms with Gasteiger partial charge in [-0.1, -0.05) is 134 Å². The van der Waals surface area contributed by atoms with Gasteiger partial charge in [0.25, 0.3) is 10.1 Å². The van der Waals surface area contributed by atoms with Crippen LogP contribution in [0.5, 0.6) is 0 Å². The third-order valence-corrected chi connectivity index (χ3v) is 8.01. The number of fused-ring (bicyclic) bond motifs is 1. The smallest absolute Gasteiger partial charge is 0.282 e. The SMILES string of the molecule is CCCCCCCCCCc1ccc2cccc(CCCCCCCCCC)c2c1S(=O)(=O)O. The highest BCUT2D eigenvalue weighted by Crippen LogP contribution is 2.32. The Morgan fingerprint density at radius 2 is 1.06 bits per heavy atom. The lowest BCUT2D eigenvalue weighted by molar-refractivity contribution is 0.482. The van der Waals surface area contributed by atoms with E-state index in [0.29, 0.717) is 6.42 Å². The second kappa shape index (κ2) is 16.3. The van der Waals surface area contributed by atoms with E-state index in [-0.39, 0.29) is 4.90 Å². The van der Waals surface area contributed by atoms with Gasteiger partial charge in [-0.2, -0.15) is 8.42 Å². The fourth-order valence-electron chi connectivity index (χ4n) is 5.06. The molecule has 34 heavy (non-hydrogen) atoms. The Morgan fingerprint density at radius 3 is 1.56 bits per heavy atom. The van der Waals surface area contributed by atoms with Crippen LogP contribution in [-0.4, -0.2) is 13.0 Å². The molecule has 0 heterocycles. The predicted octanol–water partition coefficient (Wildman–Crippen LogP) is 9.45. The van der Waals surface area contributed by atoms with E-state index in [1.54, 1.807) is 0 Å². The largest absolute Gasteiger partial charge is 0.295 e. The lowest BCUT2D eigenvalue weighted by atomic mass is 9.95. The molecule has 0 aromatic heterocycles. The summed E-state index contributed by atoms with van der Waals surface area (Å²) in [5, 5.41) is 1.65. The van der Waals surface area contributed by atoms with E-state index < -0.39 is 10.1 Å². The van der Waals surface area contributed by atoms with Crippen LogP contribution in [-0.2, 0) is 23.0 Å². The molecule has 0 aliphatic rings. The molecule has 0 bridgehead atoms. The minimum Gasteiger partial charge on any atom is -0.282 e. The molecule has 0 spiro atoms. The van der Waals surface area contributed by atoms with E-state index in [1.165, 1.54) is 83.5 Å². The monoisotopic (exact) mass is 488 g/mol. The Balaban J connectivity index is 2.02. The van der Waals surface area contributed by atoms with E-state index in [0.717, 1.165) is 47.6 Å². The van der Waals surface area contributed by atoms with Crippen molar-refractivity contribution in [3.05, 3.63) is 41.5 Å². The fourth-order valence-corrected chi connectivity index (χ4v) is 6.07. The van der Waals surface area contributed by atoms with Crippen molar-refractivity contribution in [1.82, 2.24) is 0 Å². The highest BCUT2D eigenvalue weighted by atomic mass is 32.2. The van der Waals surface area contributed by atoms with Crippen molar-refractivity contribution < 1.29 is 13.0 Å². The topological polar surface area (TPSA) is 54.4 Å². The first-order chi connectivity index (χ1) is 16.5. The number of benzene rings is 2. The Hall–Kier alpha value is -1.39. The minimum absolute atomic E-state index is 0.156. The standard InChI is InChI=1S/C30H48O3S/c1-3-5-7-9-11-13-15-17-20-26-22-19-23-27-24-25-28(30(29(26)27)34(31,32)33)21-18-16-14-12-10-8-6-4-2/h19,22-25H,3-18,20-21H2,1-2H3,(H,31,32,33). The van der Waals surface area contributed by atoms with Gasteiger partial charge in [-0.15, -0.1) is 0 Å². The van der Waals surface area contributed by atoms with Crippen molar-refractivity contribution in [2.75, 3.05) is 0 Å². The molecule has 0 aliphatic heterocycles. The molecule has 2 aromatic carbocycles. The van der Waals surface area contributed by atoms with Crippen molar-refractivity contribution in [3.63, 3.8) is 0 Å². The van der Waals surface area contributed by atoms with Crippen LogP contribution >= 0.6 is 0 Å². The summed E-state index contributed by atoms with van der Waals surface area (Å²) in [6.45, 7) is 4.48. The highest BCUT2D eigenvalue weighted by Gasteiger charge is 2.21. The van der Waals surface area contributed by atoms with Gasteiger partial charge in [0.05, 0.1) is 0 Å². The second-order valence-corrected chi connectivity index (χ2v) is 11.4. The van der Waals surface area contributed by atoms with Crippen molar-refractivity contribution in [3.8, 4) is 0 Å². The molecular weight excluding hydrogens is 440 g/mol. The molecule has 0 fully saturated rings. The number of rotatable bonds is 19. The average molecular weight is 489 g/mol. The van der Waals surface area contributed by atoms with Gasteiger partial charge >= 0.3 is 0 Å². The number of aryl methyl sites for hydroxylation is 2. The number of hydrogen-bond donors (Lipinski definition) is 1. The van der Waals surface area contributed by atoms with Crippen LogP contribution in [0.3, 0.4) is 0 Å². The quantitative estimate of drug-likeness (QED) is 0.158. The molecule has 1 N–H and O–H groups in total. The molecular formula is C30H48O3S. The summed E-state index contributed by atoms with van der Waals surface area (Å²) in [5.74, 6) is 0. The third-order valence-electron chi connectivity index (χ3n) is 7.02. The Bertz CT molecular complexity index is 933. The van der Waals surface area contributed by atoms with Crippen molar-refractivity contribution in [1.29, 1.82) is 0 Å². The molecule has 0 saturated heterocycles. The second-order valence-electron chi connectivity index (χ2n) is 9.99. The van der Waals surface area contributed by atoms with Gasteiger partial charge in [0.2, 0.25) is 0 Å². The highest BCUT2D eigenvalue weighted by molar-refractivity contribution is 7.86. The fraction of sp³-hybridized carbons (Fsp3) is 0.667. The molecule has 2 rings (SSSR count). The molecule has 0 atom stereocenters. The van der Waals surface area contributed by atoms with Crippen LogP contribution in [0.2, 0.25) is 0 Å². The van der Waals surface area contributed by atoms with Crippen LogP contribution in [0.15, 0.2) is 35.2 Å². The minimum atomic E-state index is -4.29. The van der Waals surface area contributed by atoms with Gasteiger partial charge in [-0.05, 0) is 42.2 Å². The van der Waals surface area contributed by atoms with Crippen molar-refractivity contribution >= 4 is 20.9 Å². The summed E-state index contributed by atoms with van der Waals surface area (Å²) in [7, 11) is -4.29. The van der Waals surface area contributed by atoms with Crippen LogP contribution in [0, 0.1) is 0 Å². The molecule has 2 aromatic rings. The van der Waals surface area contributed by atoms with Crippen molar-refractivity contribution in [2.45, 2.75) is 134 Å². The van der Waals surface area contributed by atoms with Gasteiger partial charge in [0.1, 0.15) is 4.90 Å². The molecule has 4 heteroatoms. The van der Waals surface area contributed by atoms with Crippen LogP contribution in [0.25, 0.3) is 10.8 Å². The maximum absolute atomic E-state index is 12.5. The summed E-state index contributed by atoms with van der Waals surface area (Å²) in [4.78, 5) is 0.156. The zero-order chi connectivity index (χ0) is 24.7. The summed E-state index contributed by atoms with van der Waals surface area (Å²) in [6.07, 6.45) is 21.3. The molecule has 0 aliphatic carbocycles. The van der Waals surface area contributed by atoms with E-state index in [2.05, 4.69) is 13.8 Å². The van der Waals surface area contributed by atoms with Crippen LogP contribution in [0.4, 0.5) is 0 Å². The molecule has 0 radical (unpaired) electrons. The van der Waals surface area contributed by atoms with E-state index in [1.807, 2.05) is 30.3 Å². The van der Waals surface area contributed by atoms with Gasteiger partial charge in [0, 0.05) is 5.39 Å². The molecule has 0 amide bonds. The molecule has 192 valence electrons. The van der Waals surface area contributed by atoms with E-state index >= 15 is 0 Å². The van der Waals surface area contributed by atoms with E-state index in [4.69, 9.17) is 0 Å². The maximum atomic E-state index is 12.5. The normalized spacial score (nSPS) is 12.0. The summed E-state index contributed by atoms with van der Waals surface area (Å²) in [5.41, 5.74) is 1.82. The van der Waals surface area contributed by atoms with Crippen LogP contribution in [0.1, 0.15) is 128 Å². The van der Waals surface area contributed by atoms with Gasteiger partial charge in [-0.25, -0.2) is 0 Å². The average Bonchev–Trinajstić information content (AvgIpc) is 2.81. The lowest BCUT2D eigenvalue weighted by Crippen LogP contribution is -2.06. The summed E-state index contributed by atoms with van der Waals surface area (Å²) < 4.78 is 35.2. The first kappa shape index (κ1) is 28.8. The molecule has 0 saturated carbocycles. The molecule has 0 unspecified atom stereocenters. The maximum Gasteiger partial charge on any atom is 0.295 e. The zero-order valence-electron chi connectivity index (χ0n) is 21.8. The third kappa shape index (κ3) is 10.1. The van der Waals surface area contributed by atoms with E-state index in [9.17, 15) is 13.0 Å². The van der Waals surface area contributed by atoms with Gasteiger partial charge < -0.3 is 0 Å². The number of unbranched alkanes of at least 4 members (excludes halogenated alkanes) is 14. The van der Waals surface area contributed by atoms with Crippen molar-refractivity contribution in [2.24, 2.45) is 0 Å².